The minimum atomic E-state index is -4.46. The first-order chi connectivity index (χ1) is 17.9. The lowest BCUT2D eigenvalue weighted by Crippen LogP contribution is -2.52. The van der Waals surface area contributed by atoms with E-state index in [0.717, 1.165) is 22.0 Å². The summed E-state index contributed by atoms with van der Waals surface area (Å²) in [6.07, 6.45) is -4.46. The fourth-order valence-corrected chi connectivity index (χ4v) is 5.99. The number of aryl methyl sites for hydroxylation is 1. The molecule has 1 amide bonds. The van der Waals surface area contributed by atoms with Crippen LogP contribution in [-0.4, -0.2) is 51.9 Å². The zero-order valence-electron chi connectivity index (χ0n) is 20.3. The third-order valence-electron chi connectivity index (χ3n) is 6.24. The number of hydrogen-bond acceptors (Lipinski definition) is 4. The molecule has 1 aliphatic rings. The van der Waals surface area contributed by atoms with Gasteiger partial charge in [-0.3, -0.25) is 9.10 Å². The van der Waals surface area contributed by atoms with Crippen molar-refractivity contribution in [3.05, 3.63) is 87.9 Å². The molecule has 0 atom stereocenters. The van der Waals surface area contributed by atoms with E-state index in [1.807, 2.05) is 6.92 Å². The highest BCUT2D eigenvalue weighted by Gasteiger charge is 2.33. The molecule has 1 fully saturated rings. The van der Waals surface area contributed by atoms with Gasteiger partial charge in [-0.25, -0.2) is 8.42 Å². The molecule has 0 saturated carbocycles. The molecular formula is C26H24Cl2F3N3O3S. The van der Waals surface area contributed by atoms with Crippen molar-refractivity contribution in [2.75, 3.05) is 41.9 Å². The Bertz CT molecular complexity index is 1430. The third kappa shape index (κ3) is 6.19. The maximum atomic E-state index is 13.6. The van der Waals surface area contributed by atoms with Gasteiger partial charge >= 0.3 is 6.18 Å². The molecule has 0 aromatic heterocycles. The van der Waals surface area contributed by atoms with Gasteiger partial charge in [0.1, 0.15) is 6.54 Å². The number of nitrogens with zero attached hydrogens (tertiary/aromatic N) is 3. The SMILES string of the molecule is Cc1ccc(S(=O)(=O)N(CC(=O)N2CCN(c3cccc(C(F)(F)F)c3)CC2)c2cc(Cl)ccc2Cl)cc1. The Hall–Kier alpha value is -2.95. The summed E-state index contributed by atoms with van der Waals surface area (Å²) >= 11 is 12.5. The van der Waals surface area contributed by atoms with E-state index >= 15 is 0 Å². The Balaban J connectivity index is 1.55. The average Bonchev–Trinajstić information content (AvgIpc) is 2.88. The van der Waals surface area contributed by atoms with Gasteiger partial charge in [-0.1, -0.05) is 47.0 Å². The van der Waals surface area contributed by atoms with Crippen LogP contribution in [0.25, 0.3) is 0 Å². The number of amides is 1. The first kappa shape index (κ1) is 28.1. The molecule has 202 valence electrons. The normalized spacial score (nSPS) is 14.5. The number of carbonyl (C=O) groups is 1. The van der Waals surface area contributed by atoms with E-state index in [9.17, 15) is 26.4 Å². The van der Waals surface area contributed by atoms with E-state index < -0.39 is 34.2 Å². The standard InChI is InChI=1S/C26H24Cl2F3N3O3S/c1-18-5-8-22(9-6-18)38(36,37)34(24-16-20(27)7-10-23(24)28)17-25(35)33-13-11-32(12-14-33)21-4-2-3-19(15-21)26(29,30)31/h2-10,15-16H,11-14,17H2,1H3. The van der Waals surface area contributed by atoms with Crippen LogP contribution in [-0.2, 0) is 21.0 Å². The highest BCUT2D eigenvalue weighted by molar-refractivity contribution is 7.92. The molecule has 0 spiro atoms. The van der Waals surface area contributed by atoms with Crippen LogP contribution in [0.2, 0.25) is 10.0 Å². The number of hydrogen-bond donors (Lipinski definition) is 0. The molecule has 0 aliphatic carbocycles. The van der Waals surface area contributed by atoms with Crippen molar-refractivity contribution in [1.29, 1.82) is 0 Å². The first-order valence-corrected chi connectivity index (χ1v) is 13.8. The Morgan fingerprint density at radius 2 is 1.61 bits per heavy atom. The Morgan fingerprint density at radius 3 is 2.24 bits per heavy atom. The van der Waals surface area contributed by atoms with Crippen LogP contribution in [0.5, 0.6) is 0 Å². The zero-order valence-corrected chi connectivity index (χ0v) is 22.6. The molecule has 3 aromatic rings. The van der Waals surface area contributed by atoms with E-state index in [1.54, 1.807) is 23.1 Å². The molecule has 0 unspecified atom stereocenters. The number of halogens is 5. The fourth-order valence-electron chi connectivity index (χ4n) is 4.13. The number of rotatable bonds is 6. The maximum absolute atomic E-state index is 13.6. The molecule has 0 radical (unpaired) electrons. The van der Waals surface area contributed by atoms with E-state index in [-0.39, 0.29) is 46.8 Å². The lowest BCUT2D eigenvalue weighted by atomic mass is 10.1. The van der Waals surface area contributed by atoms with Crippen molar-refractivity contribution in [3.8, 4) is 0 Å². The number of benzene rings is 3. The monoisotopic (exact) mass is 585 g/mol. The van der Waals surface area contributed by atoms with Crippen LogP contribution in [0.1, 0.15) is 11.1 Å². The van der Waals surface area contributed by atoms with E-state index in [0.29, 0.717) is 5.69 Å². The van der Waals surface area contributed by atoms with Gasteiger partial charge in [0.05, 0.1) is 21.2 Å². The predicted octanol–water partition coefficient (Wildman–Crippen LogP) is 5.86. The van der Waals surface area contributed by atoms with Gasteiger partial charge in [-0.15, -0.1) is 0 Å². The van der Waals surface area contributed by atoms with Crippen LogP contribution in [0.4, 0.5) is 24.5 Å². The molecule has 3 aromatic carbocycles. The van der Waals surface area contributed by atoms with Crippen LogP contribution in [0, 0.1) is 6.92 Å². The van der Waals surface area contributed by atoms with Crippen molar-refractivity contribution in [2.45, 2.75) is 18.0 Å². The summed E-state index contributed by atoms with van der Waals surface area (Å²) in [5.74, 6) is -0.472. The van der Waals surface area contributed by atoms with Gasteiger partial charge in [0.15, 0.2) is 0 Å². The summed E-state index contributed by atoms with van der Waals surface area (Å²) in [4.78, 5) is 16.5. The minimum Gasteiger partial charge on any atom is -0.368 e. The molecular weight excluding hydrogens is 562 g/mol. The number of carbonyl (C=O) groups excluding carboxylic acids is 1. The van der Waals surface area contributed by atoms with E-state index in [4.69, 9.17) is 23.2 Å². The molecule has 6 nitrogen and oxygen atoms in total. The van der Waals surface area contributed by atoms with Gasteiger partial charge in [-0.2, -0.15) is 13.2 Å². The van der Waals surface area contributed by atoms with Crippen molar-refractivity contribution in [1.82, 2.24) is 4.90 Å². The molecule has 0 N–H and O–H groups in total. The number of sulfonamides is 1. The topological polar surface area (TPSA) is 60.9 Å². The maximum Gasteiger partial charge on any atom is 0.416 e. The summed E-state index contributed by atoms with van der Waals surface area (Å²) in [5.41, 5.74) is 0.590. The van der Waals surface area contributed by atoms with Crippen molar-refractivity contribution in [2.24, 2.45) is 0 Å². The van der Waals surface area contributed by atoms with Gasteiger partial charge in [0.2, 0.25) is 5.91 Å². The minimum absolute atomic E-state index is 0.0127. The van der Waals surface area contributed by atoms with E-state index in [2.05, 4.69) is 0 Å². The summed E-state index contributed by atoms with van der Waals surface area (Å²) in [6.45, 7) is 2.28. The smallest absolute Gasteiger partial charge is 0.368 e. The summed E-state index contributed by atoms with van der Waals surface area (Å²) in [5, 5.41) is 0.350. The number of piperazine rings is 1. The van der Waals surface area contributed by atoms with Crippen molar-refractivity contribution < 1.29 is 26.4 Å². The largest absolute Gasteiger partial charge is 0.416 e. The van der Waals surface area contributed by atoms with E-state index in [1.165, 1.54) is 41.3 Å². The lowest BCUT2D eigenvalue weighted by Gasteiger charge is -2.37. The van der Waals surface area contributed by atoms with Gasteiger partial charge in [0, 0.05) is 36.9 Å². The molecule has 12 heteroatoms. The summed E-state index contributed by atoms with van der Waals surface area (Å²) < 4.78 is 67.5. The highest BCUT2D eigenvalue weighted by Crippen LogP contribution is 2.34. The van der Waals surface area contributed by atoms with Gasteiger partial charge in [-0.05, 0) is 55.5 Å². The predicted molar refractivity (Wildman–Crippen MR) is 142 cm³/mol. The Morgan fingerprint density at radius 1 is 0.947 bits per heavy atom. The summed E-state index contributed by atoms with van der Waals surface area (Å²) in [7, 11) is -4.19. The Labute approximate surface area is 229 Å². The first-order valence-electron chi connectivity index (χ1n) is 11.6. The summed E-state index contributed by atoms with van der Waals surface area (Å²) in [6, 6.07) is 15.6. The van der Waals surface area contributed by atoms with Gasteiger partial charge < -0.3 is 9.80 Å². The molecule has 38 heavy (non-hydrogen) atoms. The van der Waals surface area contributed by atoms with Crippen LogP contribution >= 0.6 is 23.2 Å². The number of anilines is 2. The lowest BCUT2D eigenvalue weighted by molar-refractivity contribution is -0.137. The number of alkyl halides is 3. The second-order valence-electron chi connectivity index (χ2n) is 8.84. The molecule has 1 saturated heterocycles. The molecule has 0 bridgehead atoms. The third-order valence-corrected chi connectivity index (χ3v) is 8.56. The second-order valence-corrected chi connectivity index (χ2v) is 11.5. The quantitative estimate of drug-likeness (QED) is 0.363. The zero-order chi connectivity index (χ0) is 27.7. The van der Waals surface area contributed by atoms with Crippen LogP contribution < -0.4 is 9.21 Å². The van der Waals surface area contributed by atoms with Gasteiger partial charge in [0.25, 0.3) is 10.0 Å². The average molecular weight is 586 g/mol. The van der Waals surface area contributed by atoms with Crippen LogP contribution in [0.15, 0.2) is 71.6 Å². The molecule has 1 aliphatic heterocycles. The second kappa shape index (κ2) is 11.0. The van der Waals surface area contributed by atoms with Crippen molar-refractivity contribution in [3.63, 3.8) is 0 Å². The molecule has 1 heterocycles. The fraction of sp³-hybridized carbons (Fsp3) is 0.269. The molecule has 4 rings (SSSR count). The van der Waals surface area contributed by atoms with Crippen molar-refractivity contribution >= 4 is 50.5 Å². The van der Waals surface area contributed by atoms with Crippen LogP contribution in [0.3, 0.4) is 0 Å². The highest BCUT2D eigenvalue weighted by atomic mass is 35.5. The Kier molecular flexibility index (Phi) is 8.15.